The Hall–Kier alpha value is -3.36. The van der Waals surface area contributed by atoms with Gasteiger partial charge in [-0.1, -0.05) is 84.1 Å². The summed E-state index contributed by atoms with van der Waals surface area (Å²) in [6, 6.07) is 25.0. The molecule has 142 valence electrons. The zero-order valence-electron chi connectivity index (χ0n) is 16.1. The summed E-state index contributed by atoms with van der Waals surface area (Å²) in [5.41, 5.74) is 10.6. The Labute approximate surface area is 174 Å². The Morgan fingerprint density at radius 1 is 0.966 bits per heavy atom. The van der Waals surface area contributed by atoms with Gasteiger partial charge in [0.25, 0.3) is 0 Å². The van der Waals surface area contributed by atoms with E-state index in [1.807, 2.05) is 12.1 Å². The first-order valence-corrected chi connectivity index (χ1v) is 10.3. The highest BCUT2D eigenvalue weighted by atomic mass is 32.2. The molecule has 5 heteroatoms. The lowest BCUT2D eigenvalue weighted by atomic mass is 10.0. The molecule has 2 N–H and O–H groups in total. The normalized spacial score (nSPS) is 10.8. The highest BCUT2D eigenvalue weighted by Crippen LogP contribution is 2.27. The van der Waals surface area contributed by atoms with Gasteiger partial charge < -0.3 is 5.73 Å². The summed E-state index contributed by atoms with van der Waals surface area (Å²) >= 11 is 1.54. The second-order valence-electron chi connectivity index (χ2n) is 6.91. The standard InChI is InChI=1S/C24H20N4S/c1-16-9-11-17(12-10-16)13-22-21(14-25)23(26)28-24(27-22)29-15-19-7-4-6-18-5-2-3-8-20(18)19/h2-12H,13,15H2,1H3,(H2,26,27,28). The Morgan fingerprint density at radius 2 is 1.72 bits per heavy atom. The maximum Gasteiger partial charge on any atom is 0.190 e. The maximum atomic E-state index is 9.52. The summed E-state index contributed by atoms with van der Waals surface area (Å²) in [5, 5.41) is 12.6. The largest absolute Gasteiger partial charge is 0.382 e. The number of hydrogen-bond acceptors (Lipinski definition) is 5. The Bertz CT molecular complexity index is 1200. The number of fused-ring (bicyclic) bond motifs is 1. The van der Waals surface area contributed by atoms with Crippen molar-refractivity contribution in [3.63, 3.8) is 0 Å². The molecule has 0 aliphatic rings. The molecule has 0 unspecified atom stereocenters. The molecule has 0 bridgehead atoms. The van der Waals surface area contributed by atoms with Gasteiger partial charge >= 0.3 is 0 Å². The fraction of sp³-hybridized carbons (Fsp3) is 0.125. The van der Waals surface area contributed by atoms with Crippen molar-refractivity contribution in [3.05, 3.63) is 94.7 Å². The molecule has 0 aliphatic heterocycles. The monoisotopic (exact) mass is 396 g/mol. The summed E-state index contributed by atoms with van der Waals surface area (Å²) in [5.74, 6) is 0.974. The zero-order chi connectivity index (χ0) is 20.2. The van der Waals surface area contributed by atoms with E-state index < -0.39 is 0 Å². The first kappa shape index (κ1) is 19.0. The molecule has 4 nitrogen and oxygen atoms in total. The fourth-order valence-corrected chi connectivity index (χ4v) is 4.15. The van der Waals surface area contributed by atoms with Gasteiger partial charge in [0.2, 0.25) is 0 Å². The molecule has 3 aromatic carbocycles. The molecule has 0 saturated heterocycles. The molecule has 0 spiro atoms. The first-order chi connectivity index (χ1) is 14.1. The third kappa shape index (κ3) is 4.23. The minimum Gasteiger partial charge on any atom is -0.382 e. The van der Waals surface area contributed by atoms with Crippen LogP contribution in [0.4, 0.5) is 5.82 Å². The molecule has 1 heterocycles. The average molecular weight is 397 g/mol. The van der Waals surface area contributed by atoms with Crippen LogP contribution >= 0.6 is 11.8 Å². The number of rotatable bonds is 5. The van der Waals surface area contributed by atoms with E-state index in [0.717, 1.165) is 11.3 Å². The molecule has 0 fully saturated rings. The van der Waals surface area contributed by atoms with Crippen molar-refractivity contribution in [1.29, 1.82) is 5.26 Å². The lowest BCUT2D eigenvalue weighted by Crippen LogP contribution is -2.06. The summed E-state index contributed by atoms with van der Waals surface area (Å²) < 4.78 is 0. The molecular weight excluding hydrogens is 376 g/mol. The number of thioether (sulfide) groups is 1. The van der Waals surface area contributed by atoms with Gasteiger partial charge in [0, 0.05) is 12.2 Å². The number of hydrogen-bond donors (Lipinski definition) is 1. The van der Waals surface area contributed by atoms with E-state index in [1.165, 1.54) is 33.7 Å². The van der Waals surface area contributed by atoms with Gasteiger partial charge in [-0.2, -0.15) is 5.26 Å². The van der Waals surface area contributed by atoms with Crippen LogP contribution in [0.15, 0.2) is 71.9 Å². The molecule has 0 aliphatic carbocycles. The molecule has 4 aromatic rings. The van der Waals surface area contributed by atoms with Crippen molar-refractivity contribution in [2.75, 3.05) is 5.73 Å². The third-order valence-electron chi connectivity index (χ3n) is 4.83. The number of aryl methyl sites for hydroxylation is 1. The van der Waals surface area contributed by atoms with Gasteiger partial charge in [0.15, 0.2) is 5.16 Å². The van der Waals surface area contributed by atoms with E-state index in [4.69, 9.17) is 5.73 Å². The number of nitrogens with two attached hydrogens (primary N) is 1. The molecule has 1 aromatic heterocycles. The predicted octanol–water partition coefficient (Wildman–Crippen LogP) is 5.28. The zero-order valence-corrected chi connectivity index (χ0v) is 16.9. The second-order valence-corrected chi connectivity index (χ2v) is 7.86. The van der Waals surface area contributed by atoms with Crippen molar-refractivity contribution >= 4 is 28.4 Å². The summed E-state index contributed by atoms with van der Waals surface area (Å²) in [7, 11) is 0. The van der Waals surface area contributed by atoms with Gasteiger partial charge in [0.1, 0.15) is 17.5 Å². The van der Waals surface area contributed by atoms with Crippen LogP contribution in [0.2, 0.25) is 0 Å². The lowest BCUT2D eigenvalue weighted by Gasteiger charge is -2.10. The number of nitrogens with zero attached hydrogens (tertiary/aromatic N) is 3. The fourth-order valence-electron chi connectivity index (χ4n) is 3.28. The van der Waals surface area contributed by atoms with Crippen molar-refractivity contribution in [2.24, 2.45) is 0 Å². The first-order valence-electron chi connectivity index (χ1n) is 9.35. The average Bonchev–Trinajstić information content (AvgIpc) is 2.74. The number of aromatic nitrogens is 2. The quantitative estimate of drug-likeness (QED) is 0.367. The Balaban J connectivity index is 1.61. The van der Waals surface area contributed by atoms with E-state index >= 15 is 0 Å². The topological polar surface area (TPSA) is 75.6 Å². The lowest BCUT2D eigenvalue weighted by molar-refractivity contribution is 0.902. The summed E-state index contributed by atoms with van der Waals surface area (Å²) in [6.07, 6.45) is 0.553. The van der Waals surface area contributed by atoms with Crippen LogP contribution in [0.5, 0.6) is 0 Å². The summed E-state index contributed by atoms with van der Waals surface area (Å²) in [6.45, 7) is 2.05. The van der Waals surface area contributed by atoms with Crippen LogP contribution in [-0.2, 0) is 12.2 Å². The highest BCUT2D eigenvalue weighted by Gasteiger charge is 2.14. The van der Waals surface area contributed by atoms with Crippen molar-refractivity contribution < 1.29 is 0 Å². The molecule has 0 radical (unpaired) electrons. The second kappa shape index (κ2) is 8.34. The predicted molar refractivity (Wildman–Crippen MR) is 119 cm³/mol. The van der Waals surface area contributed by atoms with Crippen LogP contribution < -0.4 is 5.73 Å². The van der Waals surface area contributed by atoms with Crippen LogP contribution in [-0.4, -0.2) is 9.97 Å². The van der Waals surface area contributed by atoms with Crippen molar-refractivity contribution in [3.8, 4) is 6.07 Å². The van der Waals surface area contributed by atoms with E-state index in [-0.39, 0.29) is 5.82 Å². The van der Waals surface area contributed by atoms with Crippen molar-refractivity contribution in [1.82, 2.24) is 9.97 Å². The van der Waals surface area contributed by atoms with E-state index in [2.05, 4.69) is 77.6 Å². The van der Waals surface area contributed by atoms with Crippen molar-refractivity contribution in [2.45, 2.75) is 24.3 Å². The van der Waals surface area contributed by atoms with Gasteiger partial charge in [-0.15, -0.1) is 0 Å². The van der Waals surface area contributed by atoms with Crippen LogP contribution in [0.1, 0.15) is 27.9 Å². The smallest absolute Gasteiger partial charge is 0.190 e. The van der Waals surface area contributed by atoms with Gasteiger partial charge in [0.05, 0.1) is 5.69 Å². The summed E-state index contributed by atoms with van der Waals surface area (Å²) in [4.78, 5) is 9.03. The number of nitrogen functional groups attached to an aromatic ring is 1. The van der Waals surface area contributed by atoms with Crippen LogP contribution in [0.3, 0.4) is 0 Å². The maximum absolute atomic E-state index is 9.52. The highest BCUT2D eigenvalue weighted by molar-refractivity contribution is 7.98. The Kier molecular flexibility index (Phi) is 5.46. The van der Waals surface area contributed by atoms with E-state index in [9.17, 15) is 5.26 Å². The molecule has 4 rings (SSSR count). The third-order valence-corrected chi connectivity index (χ3v) is 5.73. The minimum absolute atomic E-state index is 0.241. The van der Waals surface area contributed by atoms with Gasteiger partial charge in [-0.05, 0) is 28.8 Å². The number of anilines is 1. The van der Waals surface area contributed by atoms with Gasteiger partial charge in [-0.25, -0.2) is 9.97 Å². The molecule has 0 saturated carbocycles. The number of nitriles is 1. The van der Waals surface area contributed by atoms with Crippen LogP contribution in [0, 0.1) is 18.3 Å². The minimum atomic E-state index is 0.241. The SMILES string of the molecule is Cc1ccc(Cc2nc(SCc3cccc4ccccc34)nc(N)c2C#N)cc1. The van der Waals surface area contributed by atoms with E-state index in [0.29, 0.717) is 22.8 Å². The molecular formula is C24H20N4S. The molecule has 29 heavy (non-hydrogen) atoms. The van der Waals surface area contributed by atoms with Crippen LogP contribution in [0.25, 0.3) is 10.8 Å². The Morgan fingerprint density at radius 3 is 2.52 bits per heavy atom. The number of benzene rings is 3. The van der Waals surface area contributed by atoms with Gasteiger partial charge in [-0.3, -0.25) is 0 Å². The van der Waals surface area contributed by atoms with E-state index in [1.54, 1.807) is 0 Å². The molecule has 0 amide bonds. The molecule has 0 atom stereocenters.